The van der Waals surface area contributed by atoms with Crippen LogP contribution in [0, 0.1) is 0 Å². The maximum absolute atomic E-state index is 13.8. The van der Waals surface area contributed by atoms with Gasteiger partial charge in [-0.15, -0.1) is 0 Å². The van der Waals surface area contributed by atoms with Crippen LogP contribution >= 0.6 is 0 Å². The van der Waals surface area contributed by atoms with Crippen LogP contribution in [0.2, 0.25) is 0 Å². The molecule has 0 radical (unpaired) electrons. The number of ether oxygens (including phenoxy) is 3. The Morgan fingerprint density at radius 2 is 1.39 bits per heavy atom. The van der Waals surface area contributed by atoms with Crippen LogP contribution in [-0.2, 0) is 29.8 Å². The van der Waals surface area contributed by atoms with E-state index in [9.17, 15) is 9.59 Å². The number of nitrogens with zero attached hydrogens (tertiary/aromatic N) is 2. The lowest BCUT2D eigenvalue weighted by molar-refractivity contribution is -0.701. The molecule has 7 nitrogen and oxygen atoms in total. The number of unbranched alkanes of at least 4 members (excludes halogenated alkanes) is 11. The van der Waals surface area contributed by atoms with Crippen LogP contribution in [0.1, 0.15) is 139 Å². The van der Waals surface area contributed by atoms with E-state index in [1.54, 1.807) is 24.3 Å². The molecule has 2 aromatic carbocycles. The molecule has 1 aromatic heterocycles. The Labute approximate surface area is 296 Å². The van der Waals surface area contributed by atoms with Gasteiger partial charge in [-0.25, -0.2) is 14.3 Å². The summed E-state index contributed by atoms with van der Waals surface area (Å²) in [7, 11) is 1.51. The van der Waals surface area contributed by atoms with Crippen molar-refractivity contribution in [2.45, 2.75) is 137 Å². The third kappa shape index (κ3) is 13.2. The van der Waals surface area contributed by atoms with Crippen molar-refractivity contribution < 1.29 is 28.4 Å². The molecule has 0 atom stereocenters. The third-order valence-electron chi connectivity index (χ3n) is 8.97. The number of pyridine rings is 1. The number of carbonyl (C=O) groups is 2. The molecule has 0 bridgehead atoms. The Balaban J connectivity index is 1.59. The molecule has 3 rings (SSSR count). The van der Waals surface area contributed by atoms with Gasteiger partial charge in [0.2, 0.25) is 5.69 Å². The average Bonchev–Trinajstić information content (AvgIpc) is 3.11. The highest BCUT2D eigenvalue weighted by molar-refractivity contribution is 6.04. The minimum atomic E-state index is -0.716. The summed E-state index contributed by atoms with van der Waals surface area (Å²) in [5, 5.41) is 0. The van der Waals surface area contributed by atoms with Gasteiger partial charge in [-0.05, 0) is 54.2 Å². The number of rotatable bonds is 21. The molecule has 268 valence electrons. The molecule has 0 spiro atoms. The Morgan fingerprint density at radius 1 is 0.755 bits per heavy atom. The van der Waals surface area contributed by atoms with E-state index < -0.39 is 12.0 Å². The second kappa shape index (κ2) is 21.3. The van der Waals surface area contributed by atoms with Crippen molar-refractivity contribution in [1.29, 1.82) is 0 Å². The zero-order valence-electron chi connectivity index (χ0n) is 31.1. The average molecular weight is 674 g/mol. The van der Waals surface area contributed by atoms with E-state index in [0.29, 0.717) is 24.5 Å². The smallest absolute Gasteiger partial charge is 0.417 e. The van der Waals surface area contributed by atoms with Crippen molar-refractivity contribution in [1.82, 2.24) is 4.90 Å². The standard InChI is InChI=1S/C42H61N2O5/c1-7-9-10-11-12-13-14-15-16-17-18-23-30-48-39-28-27-34(31-37(39)42(3,4)5)33-49-41(46)44(32-35-24-21-22-29-43(35)8-2)40(45)36-25-19-20-26-38(36)47-6/h19-22,24-29,31H,7-18,23,30,32-33H2,1-6H3/q+1. The number of aryl methyl sites for hydroxylation is 1. The molecule has 0 aliphatic rings. The molecule has 3 aromatic rings. The summed E-state index contributed by atoms with van der Waals surface area (Å²) in [6.07, 6.45) is 17.0. The quantitative estimate of drug-likeness (QED) is 0.0831. The minimum Gasteiger partial charge on any atom is -0.496 e. The molecule has 1 heterocycles. The van der Waals surface area contributed by atoms with Gasteiger partial charge in [0, 0.05) is 12.1 Å². The number of hydrogen-bond donors (Lipinski definition) is 0. The summed E-state index contributed by atoms with van der Waals surface area (Å²) in [5.74, 6) is 0.786. The molecular formula is C42H61N2O5+. The van der Waals surface area contributed by atoms with Crippen molar-refractivity contribution in [2.75, 3.05) is 13.7 Å². The van der Waals surface area contributed by atoms with E-state index >= 15 is 0 Å². The monoisotopic (exact) mass is 673 g/mol. The van der Waals surface area contributed by atoms with Gasteiger partial charge in [0.15, 0.2) is 6.20 Å². The van der Waals surface area contributed by atoms with Gasteiger partial charge >= 0.3 is 6.09 Å². The number of benzene rings is 2. The number of methoxy groups -OCH3 is 1. The zero-order valence-corrected chi connectivity index (χ0v) is 31.1. The van der Waals surface area contributed by atoms with Gasteiger partial charge in [-0.1, -0.05) is 123 Å². The Hall–Kier alpha value is -3.87. The second-order valence-corrected chi connectivity index (χ2v) is 13.9. The van der Waals surface area contributed by atoms with Gasteiger partial charge in [-0.2, -0.15) is 0 Å². The van der Waals surface area contributed by atoms with E-state index in [-0.39, 0.29) is 18.6 Å². The summed E-state index contributed by atoms with van der Waals surface area (Å²) in [6.45, 7) is 12.2. The lowest BCUT2D eigenvalue weighted by atomic mass is 9.85. The summed E-state index contributed by atoms with van der Waals surface area (Å²) in [4.78, 5) is 28.6. The minimum absolute atomic E-state index is 0.0270. The Morgan fingerprint density at radius 3 is 2.02 bits per heavy atom. The molecule has 0 saturated carbocycles. The zero-order chi connectivity index (χ0) is 35.5. The van der Waals surface area contributed by atoms with Gasteiger partial charge in [0.25, 0.3) is 5.91 Å². The number of para-hydroxylation sites is 1. The van der Waals surface area contributed by atoms with Crippen molar-refractivity contribution >= 4 is 12.0 Å². The van der Waals surface area contributed by atoms with Crippen LogP contribution < -0.4 is 14.0 Å². The number of aromatic nitrogens is 1. The van der Waals surface area contributed by atoms with Crippen LogP contribution in [0.5, 0.6) is 11.5 Å². The topological polar surface area (TPSA) is 69.0 Å². The van der Waals surface area contributed by atoms with Crippen molar-refractivity contribution in [3.63, 3.8) is 0 Å². The van der Waals surface area contributed by atoms with Crippen molar-refractivity contribution in [2.24, 2.45) is 0 Å². The fraction of sp³-hybridized carbons (Fsp3) is 0.548. The van der Waals surface area contributed by atoms with Gasteiger partial charge in [0.05, 0.1) is 19.3 Å². The van der Waals surface area contributed by atoms with E-state index in [4.69, 9.17) is 14.2 Å². The molecule has 0 saturated heterocycles. The van der Waals surface area contributed by atoms with Crippen LogP contribution in [-0.4, -0.2) is 30.6 Å². The molecule has 0 N–H and O–H groups in total. The molecular weight excluding hydrogens is 612 g/mol. The number of hydrogen-bond acceptors (Lipinski definition) is 5. The van der Waals surface area contributed by atoms with Gasteiger partial charge in [-0.3, -0.25) is 4.79 Å². The molecule has 0 fully saturated rings. The predicted octanol–water partition coefficient (Wildman–Crippen LogP) is 10.4. The summed E-state index contributed by atoms with van der Waals surface area (Å²) in [5.41, 5.74) is 2.85. The maximum Gasteiger partial charge on any atom is 0.417 e. The highest BCUT2D eigenvalue weighted by atomic mass is 16.6. The van der Waals surface area contributed by atoms with E-state index in [2.05, 4.69) is 33.8 Å². The molecule has 7 heteroatoms. The molecule has 0 aliphatic heterocycles. The van der Waals surface area contributed by atoms with Crippen LogP contribution in [0.3, 0.4) is 0 Å². The third-order valence-corrected chi connectivity index (χ3v) is 8.97. The lowest BCUT2D eigenvalue weighted by Gasteiger charge is -2.24. The predicted molar refractivity (Wildman–Crippen MR) is 197 cm³/mol. The fourth-order valence-electron chi connectivity index (χ4n) is 6.04. The number of imide groups is 1. The second-order valence-electron chi connectivity index (χ2n) is 13.9. The number of carbonyl (C=O) groups excluding carboxylic acids is 2. The van der Waals surface area contributed by atoms with Crippen LogP contribution in [0.4, 0.5) is 4.79 Å². The number of amides is 2. The SMILES string of the molecule is CCCCCCCCCCCCCCOc1ccc(COC(=O)N(Cc2cccc[n+]2CC)C(=O)c2ccccc2OC)cc1C(C)(C)C. The molecule has 2 amide bonds. The normalized spacial score (nSPS) is 11.3. The molecule has 0 unspecified atom stereocenters. The fourth-order valence-corrected chi connectivity index (χ4v) is 6.04. The van der Waals surface area contributed by atoms with Crippen LogP contribution in [0.25, 0.3) is 0 Å². The summed E-state index contributed by atoms with van der Waals surface area (Å²) < 4.78 is 19.5. The van der Waals surface area contributed by atoms with E-state index in [0.717, 1.165) is 33.9 Å². The first-order chi connectivity index (χ1) is 23.7. The highest BCUT2D eigenvalue weighted by Crippen LogP contribution is 2.33. The summed E-state index contributed by atoms with van der Waals surface area (Å²) in [6, 6.07) is 18.6. The first-order valence-electron chi connectivity index (χ1n) is 18.5. The Bertz CT molecular complexity index is 1430. The first kappa shape index (κ1) is 39.6. The Kier molecular flexibility index (Phi) is 17.2. The maximum atomic E-state index is 13.8. The first-order valence-corrected chi connectivity index (χ1v) is 18.5. The molecule has 0 aliphatic carbocycles. The largest absolute Gasteiger partial charge is 0.496 e. The van der Waals surface area contributed by atoms with E-state index in [1.807, 2.05) is 48.0 Å². The van der Waals surface area contributed by atoms with Crippen LogP contribution in [0.15, 0.2) is 66.9 Å². The van der Waals surface area contributed by atoms with Gasteiger partial charge < -0.3 is 14.2 Å². The summed E-state index contributed by atoms with van der Waals surface area (Å²) >= 11 is 0. The molecule has 49 heavy (non-hydrogen) atoms. The highest BCUT2D eigenvalue weighted by Gasteiger charge is 2.30. The van der Waals surface area contributed by atoms with Crippen molar-refractivity contribution in [3.05, 3.63) is 89.2 Å². The lowest BCUT2D eigenvalue weighted by Crippen LogP contribution is -2.43. The van der Waals surface area contributed by atoms with Gasteiger partial charge in [0.1, 0.15) is 31.2 Å². The van der Waals surface area contributed by atoms with Crippen molar-refractivity contribution in [3.8, 4) is 11.5 Å². The van der Waals surface area contributed by atoms with E-state index in [1.165, 1.54) is 77.7 Å².